The van der Waals surface area contributed by atoms with Gasteiger partial charge in [0.05, 0.1) is 13.2 Å². The summed E-state index contributed by atoms with van der Waals surface area (Å²) < 4.78 is 4.99. The quantitative estimate of drug-likeness (QED) is 0.637. The highest BCUT2D eigenvalue weighted by atomic mass is 16.5. The van der Waals surface area contributed by atoms with Gasteiger partial charge in [0.1, 0.15) is 0 Å². The average Bonchev–Trinajstić information content (AvgIpc) is 2.35. The Hall–Kier alpha value is -0.610. The number of aliphatic hydroxyl groups is 1. The fourth-order valence-corrected chi connectivity index (χ4v) is 1.87. The average molecular weight is 245 g/mol. The third-order valence-corrected chi connectivity index (χ3v) is 3.00. The van der Waals surface area contributed by atoms with Crippen molar-refractivity contribution < 1.29 is 14.6 Å². The van der Waals surface area contributed by atoms with Gasteiger partial charge in [0.25, 0.3) is 0 Å². The molecule has 0 aromatic rings. The van der Waals surface area contributed by atoms with Crippen LogP contribution in [-0.2, 0) is 9.53 Å². The lowest BCUT2D eigenvalue weighted by Crippen LogP contribution is -2.40. The Morgan fingerprint density at radius 1 is 1.35 bits per heavy atom. The zero-order chi connectivity index (χ0) is 13.1. The van der Waals surface area contributed by atoms with Crippen LogP contribution < -0.4 is 0 Å². The second-order valence-corrected chi connectivity index (χ2v) is 4.29. The summed E-state index contributed by atoms with van der Waals surface area (Å²) in [5, 5.41) is 8.98. The molecule has 0 aliphatic heterocycles. The molecule has 0 rings (SSSR count). The lowest BCUT2D eigenvalue weighted by atomic mass is 9.98. The number of nitrogens with zero attached hydrogens (tertiary/aromatic N) is 1. The van der Waals surface area contributed by atoms with Crippen LogP contribution in [0.25, 0.3) is 0 Å². The van der Waals surface area contributed by atoms with Gasteiger partial charge in [0.15, 0.2) is 0 Å². The van der Waals surface area contributed by atoms with Gasteiger partial charge in [-0.25, -0.2) is 0 Å². The number of hydrogen-bond acceptors (Lipinski definition) is 3. The van der Waals surface area contributed by atoms with Crippen molar-refractivity contribution in [3.8, 4) is 0 Å². The normalized spacial score (nSPS) is 12.5. The van der Waals surface area contributed by atoms with E-state index >= 15 is 0 Å². The summed E-state index contributed by atoms with van der Waals surface area (Å²) in [6.07, 6.45) is 4.01. The number of methoxy groups -OCH3 is 1. The molecule has 1 unspecified atom stereocenters. The molecule has 1 atom stereocenters. The summed E-state index contributed by atoms with van der Waals surface area (Å²) in [4.78, 5) is 14.0. The van der Waals surface area contributed by atoms with Crippen LogP contribution in [0.4, 0.5) is 0 Å². The van der Waals surface area contributed by atoms with E-state index in [1.54, 1.807) is 12.0 Å². The van der Waals surface area contributed by atoms with E-state index in [-0.39, 0.29) is 18.4 Å². The third-order valence-electron chi connectivity index (χ3n) is 3.00. The zero-order valence-electron chi connectivity index (χ0n) is 11.4. The smallest absolute Gasteiger partial charge is 0.225 e. The molecule has 0 aliphatic carbocycles. The number of unbranched alkanes of at least 4 members (excludes halogenated alkanes) is 1. The maximum Gasteiger partial charge on any atom is 0.225 e. The van der Waals surface area contributed by atoms with Crippen LogP contribution in [0.2, 0.25) is 0 Å². The number of carbonyl (C=O) groups excluding carboxylic acids is 1. The number of aliphatic hydroxyl groups excluding tert-OH is 1. The Labute approximate surface area is 105 Å². The van der Waals surface area contributed by atoms with Crippen LogP contribution in [0.15, 0.2) is 0 Å². The molecule has 1 amide bonds. The molecule has 0 aromatic heterocycles. The largest absolute Gasteiger partial charge is 0.395 e. The summed E-state index contributed by atoms with van der Waals surface area (Å²) in [6, 6.07) is 0. The van der Waals surface area contributed by atoms with E-state index in [1.807, 2.05) is 6.92 Å². The molecule has 0 aliphatic rings. The minimum atomic E-state index is 0.0136. The van der Waals surface area contributed by atoms with Crippen LogP contribution in [0, 0.1) is 5.92 Å². The van der Waals surface area contributed by atoms with Crippen molar-refractivity contribution in [1.82, 2.24) is 4.90 Å². The minimum absolute atomic E-state index is 0.0136. The monoisotopic (exact) mass is 245 g/mol. The molecule has 1 N–H and O–H groups in total. The molecule has 0 aromatic carbocycles. The second-order valence-electron chi connectivity index (χ2n) is 4.29. The minimum Gasteiger partial charge on any atom is -0.395 e. The molecule has 0 fully saturated rings. The van der Waals surface area contributed by atoms with E-state index in [0.29, 0.717) is 19.7 Å². The molecule has 17 heavy (non-hydrogen) atoms. The predicted molar refractivity (Wildman–Crippen MR) is 68.8 cm³/mol. The highest BCUT2D eigenvalue weighted by molar-refractivity contribution is 5.78. The maximum absolute atomic E-state index is 12.2. The predicted octanol–water partition coefficient (Wildman–Crippen LogP) is 1.67. The molecular weight excluding hydrogens is 218 g/mol. The summed E-state index contributed by atoms with van der Waals surface area (Å²) in [5.74, 6) is 0.255. The molecule has 0 radical (unpaired) electrons. The molecule has 102 valence electrons. The van der Waals surface area contributed by atoms with Crippen molar-refractivity contribution in [2.75, 3.05) is 33.4 Å². The zero-order valence-corrected chi connectivity index (χ0v) is 11.4. The highest BCUT2D eigenvalue weighted by Gasteiger charge is 2.21. The van der Waals surface area contributed by atoms with Crippen molar-refractivity contribution in [2.45, 2.75) is 39.5 Å². The first kappa shape index (κ1) is 16.4. The molecule has 0 heterocycles. The maximum atomic E-state index is 12.2. The van der Waals surface area contributed by atoms with E-state index < -0.39 is 0 Å². The summed E-state index contributed by atoms with van der Waals surface area (Å²) >= 11 is 0. The number of hydrogen-bond donors (Lipinski definition) is 1. The van der Waals surface area contributed by atoms with Gasteiger partial charge in [0, 0.05) is 26.1 Å². The molecule has 0 spiro atoms. The molecular formula is C13H27NO3. The fourth-order valence-electron chi connectivity index (χ4n) is 1.87. The van der Waals surface area contributed by atoms with Crippen molar-refractivity contribution >= 4 is 5.91 Å². The first-order chi connectivity index (χ1) is 8.21. The van der Waals surface area contributed by atoms with E-state index in [0.717, 1.165) is 25.7 Å². The summed E-state index contributed by atoms with van der Waals surface area (Å²) in [5.41, 5.74) is 0. The SMILES string of the molecule is CCCCC(CC)C(=O)N(CCO)CCOC. The number of amides is 1. The van der Waals surface area contributed by atoms with Gasteiger partial charge >= 0.3 is 0 Å². The van der Waals surface area contributed by atoms with Crippen LogP contribution >= 0.6 is 0 Å². The molecule has 4 nitrogen and oxygen atoms in total. The number of rotatable bonds is 10. The molecule has 0 bridgehead atoms. The van der Waals surface area contributed by atoms with Crippen molar-refractivity contribution in [3.05, 3.63) is 0 Å². The Balaban J connectivity index is 4.32. The Kier molecular flexibility index (Phi) is 10.2. The van der Waals surface area contributed by atoms with E-state index in [9.17, 15) is 4.79 Å². The first-order valence-corrected chi connectivity index (χ1v) is 6.59. The second kappa shape index (κ2) is 10.5. The molecule has 0 saturated heterocycles. The van der Waals surface area contributed by atoms with Gasteiger partial charge < -0.3 is 14.7 Å². The Morgan fingerprint density at radius 2 is 2.06 bits per heavy atom. The molecule has 4 heteroatoms. The lowest BCUT2D eigenvalue weighted by Gasteiger charge is -2.26. The topological polar surface area (TPSA) is 49.8 Å². The van der Waals surface area contributed by atoms with Gasteiger partial charge in [0.2, 0.25) is 5.91 Å². The standard InChI is InChI=1S/C13H27NO3/c1-4-6-7-12(5-2)13(16)14(8-10-15)9-11-17-3/h12,15H,4-11H2,1-3H3. The Bertz CT molecular complexity index is 197. The van der Waals surface area contributed by atoms with Crippen molar-refractivity contribution in [2.24, 2.45) is 5.92 Å². The van der Waals surface area contributed by atoms with Gasteiger partial charge in [-0.3, -0.25) is 4.79 Å². The van der Waals surface area contributed by atoms with E-state index in [4.69, 9.17) is 9.84 Å². The van der Waals surface area contributed by atoms with Crippen LogP contribution in [0.1, 0.15) is 39.5 Å². The van der Waals surface area contributed by atoms with E-state index in [2.05, 4.69) is 6.92 Å². The first-order valence-electron chi connectivity index (χ1n) is 6.59. The van der Waals surface area contributed by atoms with Crippen LogP contribution in [0.5, 0.6) is 0 Å². The Morgan fingerprint density at radius 3 is 2.53 bits per heavy atom. The van der Waals surface area contributed by atoms with E-state index in [1.165, 1.54) is 0 Å². The van der Waals surface area contributed by atoms with Gasteiger partial charge in [-0.05, 0) is 12.8 Å². The van der Waals surface area contributed by atoms with Crippen molar-refractivity contribution in [3.63, 3.8) is 0 Å². The lowest BCUT2D eigenvalue weighted by molar-refractivity contribution is -0.137. The summed E-state index contributed by atoms with van der Waals surface area (Å²) in [7, 11) is 1.62. The molecule has 0 saturated carbocycles. The summed E-state index contributed by atoms with van der Waals surface area (Å²) in [6.45, 7) is 5.69. The number of ether oxygens (including phenoxy) is 1. The number of carbonyl (C=O) groups is 1. The third kappa shape index (κ3) is 6.64. The fraction of sp³-hybridized carbons (Fsp3) is 0.923. The van der Waals surface area contributed by atoms with Crippen LogP contribution in [-0.4, -0.2) is 49.3 Å². The van der Waals surface area contributed by atoms with Gasteiger partial charge in [-0.2, -0.15) is 0 Å². The van der Waals surface area contributed by atoms with Crippen molar-refractivity contribution in [1.29, 1.82) is 0 Å². The van der Waals surface area contributed by atoms with Gasteiger partial charge in [-0.15, -0.1) is 0 Å². The van der Waals surface area contributed by atoms with Crippen LogP contribution in [0.3, 0.4) is 0 Å². The van der Waals surface area contributed by atoms with Gasteiger partial charge in [-0.1, -0.05) is 26.7 Å². The highest BCUT2D eigenvalue weighted by Crippen LogP contribution is 2.15.